The number of aromatic nitrogens is 2. The summed E-state index contributed by atoms with van der Waals surface area (Å²) < 4.78 is 27.3. The van der Waals surface area contributed by atoms with Crippen LogP contribution in [0, 0.1) is 18.6 Å². The lowest BCUT2D eigenvalue weighted by atomic mass is 10.0. The van der Waals surface area contributed by atoms with Gasteiger partial charge in [-0.15, -0.1) is 0 Å². The fourth-order valence-electron chi connectivity index (χ4n) is 1.95. The Labute approximate surface area is 110 Å². The number of nitrogens with zero attached hydrogens (tertiary/aromatic N) is 2. The average molecular weight is 263 g/mol. The van der Waals surface area contributed by atoms with E-state index in [1.165, 1.54) is 18.2 Å². The molecule has 1 heterocycles. The molecule has 0 aliphatic heterocycles. The molecule has 5 heteroatoms. The van der Waals surface area contributed by atoms with Gasteiger partial charge in [0.1, 0.15) is 17.5 Å². The van der Waals surface area contributed by atoms with Crippen LogP contribution in [0.25, 0.3) is 0 Å². The number of nitrogens with one attached hydrogen (secondary N) is 1. The first-order valence-electron chi connectivity index (χ1n) is 6.01. The molecule has 1 N–H and O–H groups in total. The van der Waals surface area contributed by atoms with E-state index in [9.17, 15) is 8.78 Å². The van der Waals surface area contributed by atoms with Crippen LogP contribution in [0.1, 0.15) is 23.1 Å². The van der Waals surface area contributed by atoms with Crippen molar-refractivity contribution in [3.8, 4) is 0 Å². The Bertz CT molecular complexity index is 552. The van der Waals surface area contributed by atoms with E-state index in [2.05, 4.69) is 15.3 Å². The number of benzene rings is 1. The first-order chi connectivity index (χ1) is 9.11. The maximum Gasteiger partial charge on any atom is 0.129 e. The van der Waals surface area contributed by atoms with Crippen LogP contribution in [0.5, 0.6) is 0 Å². The molecule has 1 aromatic heterocycles. The van der Waals surface area contributed by atoms with Gasteiger partial charge in [-0.05, 0) is 38.6 Å². The predicted molar refractivity (Wildman–Crippen MR) is 68.6 cm³/mol. The van der Waals surface area contributed by atoms with E-state index < -0.39 is 11.6 Å². The molecule has 0 spiro atoms. The van der Waals surface area contributed by atoms with Crippen molar-refractivity contribution in [1.82, 2.24) is 15.3 Å². The highest BCUT2D eigenvalue weighted by molar-refractivity contribution is 5.22. The van der Waals surface area contributed by atoms with Gasteiger partial charge in [-0.3, -0.25) is 0 Å². The molecule has 1 unspecified atom stereocenters. The summed E-state index contributed by atoms with van der Waals surface area (Å²) in [7, 11) is 1.74. The SMILES string of the molecule is CNC(Cc1c(F)cccc1F)c1ccnc(C)n1. The summed E-state index contributed by atoms with van der Waals surface area (Å²) in [6.45, 7) is 1.78. The van der Waals surface area contributed by atoms with Gasteiger partial charge in [0.2, 0.25) is 0 Å². The fourth-order valence-corrected chi connectivity index (χ4v) is 1.95. The van der Waals surface area contributed by atoms with Crippen LogP contribution < -0.4 is 5.32 Å². The monoisotopic (exact) mass is 263 g/mol. The summed E-state index contributed by atoms with van der Waals surface area (Å²) in [5, 5.41) is 3.02. The summed E-state index contributed by atoms with van der Waals surface area (Å²) in [5.74, 6) is -0.441. The molecule has 2 aromatic rings. The van der Waals surface area contributed by atoms with Crippen molar-refractivity contribution in [2.45, 2.75) is 19.4 Å². The van der Waals surface area contributed by atoms with Crippen LogP contribution in [0.15, 0.2) is 30.5 Å². The Kier molecular flexibility index (Phi) is 4.16. The van der Waals surface area contributed by atoms with Crippen LogP contribution in [-0.4, -0.2) is 17.0 Å². The molecule has 2 rings (SSSR count). The largest absolute Gasteiger partial charge is 0.311 e. The zero-order valence-corrected chi connectivity index (χ0v) is 10.8. The molecule has 0 saturated carbocycles. The van der Waals surface area contributed by atoms with Crippen molar-refractivity contribution >= 4 is 0 Å². The zero-order chi connectivity index (χ0) is 13.8. The molecule has 0 saturated heterocycles. The number of halogens is 2. The lowest BCUT2D eigenvalue weighted by Crippen LogP contribution is -2.21. The maximum absolute atomic E-state index is 13.6. The molecule has 0 radical (unpaired) electrons. The Morgan fingerprint density at radius 2 is 1.89 bits per heavy atom. The predicted octanol–water partition coefficient (Wildman–Crippen LogP) is 2.57. The smallest absolute Gasteiger partial charge is 0.129 e. The van der Waals surface area contributed by atoms with E-state index in [1.807, 2.05) is 0 Å². The summed E-state index contributed by atoms with van der Waals surface area (Å²) in [6.07, 6.45) is 1.84. The molecule has 0 amide bonds. The molecule has 0 fully saturated rings. The van der Waals surface area contributed by atoms with Crippen LogP contribution in [0.4, 0.5) is 8.78 Å². The van der Waals surface area contributed by atoms with Crippen molar-refractivity contribution in [1.29, 1.82) is 0 Å². The fraction of sp³-hybridized carbons (Fsp3) is 0.286. The lowest BCUT2D eigenvalue weighted by Gasteiger charge is -2.16. The van der Waals surface area contributed by atoms with Crippen molar-refractivity contribution < 1.29 is 8.78 Å². The summed E-state index contributed by atoms with van der Waals surface area (Å²) >= 11 is 0. The van der Waals surface area contributed by atoms with Crippen molar-refractivity contribution in [2.75, 3.05) is 7.05 Å². The van der Waals surface area contributed by atoms with Gasteiger partial charge in [0.25, 0.3) is 0 Å². The first-order valence-corrected chi connectivity index (χ1v) is 6.01. The molecular weight excluding hydrogens is 248 g/mol. The van der Waals surface area contributed by atoms with E-state index in [0.717, 1.165) is 5.69 Å². The summed E-state index contributed by atoms with van der Waals surface area (Å²) in [5.41, 5.74) is 0.788. The van der Waals surface area contributed by atoms with E-state index in [0.29, 0.717) is 5.82 Å². The van der Waals surface area contributed by atoms with Gasteiger partial charge < -0.3 is 5.32 Å². The minimum atomic E-state index is -0.536. The second-order valence-corrected chi connectivity index (χ2v) is 4.27. The molecule has 1 atom stereocenters. The summed E-state index contributed by atoms with van der Waals surface area (Å²) in [4.78, 5) is 8.29. The number of likely N-dealkylation sites (N-methyl/N-ethyl adjacent to an activating group) is 1. The Morgan fingerprint density at radius 3 is 2.47 bits per heavy atom. The molecule has 0 aliphatic carbocycles. The third-order valence-electron chi connectivity index (χ3n) is 2.97. The average Bonchev–Trinajstić information content (AvgIpc) is 2.38. The number of hydrogen-bond acceptors (Lipinski definition) is 3. The Hall–Kier alpha value is -1.88. The van der Waals surface area contributed by atoms with Crippen molar-refractivity contribution in [3.63, 3.8) is 0 Å². The van der Waals surface area contributed by atoms with Crippen molar-refractivity contribution in [3.05, 3.63) is 59.2 Å². The molecular formula is C14H15F2N3. The highest BCUT2D eigenvalue weighted by Crippen LogP contribution is 2.20. The number of rotatable bonds is 4. The second-order valence-electron chi connectivity index (χ2n) is 4.27. The lowest BCUT2D eigenvalue weighted by molar-refractivity contribution is 0.508. The van der Waals surface area contributed by atoms with Gasteiger partial charge in [-0.1, -0.05) is 6.07 Å². The summed E-state index contributed by atoms with van der Waals surface area (Å²) in [6, 6.07) is 5.37. The van der Waals surface area contributed by atoms with E-state index in [4.69, 9.17) is 0 Å². The van der Waals surface area contributed by atoms with Crippen LogP contribution in [0.3, 0.4) is 0 Å². The minimum Gasteiger partial charge on any atom is -0.311 e. The number of aryl methyl sites for hydroxylation is 1. The number of hydrogen-bond donors (Lipinski definition) is 1. The molecule has 100 valence electrons. The Balaban J connectivity index is 2.29. The quantitative estimate of drug-likeness (QED) is 0.921. The van der Waals surface area contributed by atoms with Crippen LogP contribution in [-0.2, 0) is 6.42 Å². The van der Waals surface area contributed by atoms with Gasteiger partial charge in [0, 0.05) is 11.8 Å². The first kappa shape index (κ1) is 13.5. The molecule has 0 aliphatic rings. The van der Waals surface area contributed by atoms with Gasteiger partial charge in [0.15, 0.2) is 0 Å². The highest BCUT2D eigenvalue weighted by Gasteiger charge is 2.17. The molecule has 19 heavy (non-hydrogen) atoms. The normalized spacial score (nSPS) is 12.4. The van der Waals surface area contributed by atoms with Crippen molar-refractivity contribution in [2.24, 2.45) is 0 Å². The molecule has 1 aromatic carbocycles. The molecule has 0 bridgehead atoms. The zero-order valence-electron chi connectivity index (χ0n) is 10.8. The minimum absolute atomic E-state index is 0.0677. The molecule has 3 nitrogen and oxygen atoms in total. The van der Waals surface area contributed by atoms with Crippen LogP contribution >= 0.6 is 0 Å². The maximum atomic E-state index is 13.6. The van der Waals surface area contributed by atoms with E-state index in [1.54, 1.807) is 26.2 Å². The van der Waals surface area contributed by atoms with E-state index in [-0.39, 0.29) is 18.0 Å². The van der Waals surface area contributed by atoms with E-state index >= 15 is 0 Å². The third kappa shape index (κ3) is 3.12. The van der Waals surface area contributed by atoms with Gasteiger partial charge in [0.05, 0.1) is 11.7 Å². The van der Waals surface area contributed by atoms with Crippen LogP contribution in [0.2, 0.25) is 0 Å². The second kappa shape index (κ2) is 5.84. The highest BCUT2D eigenvalue weighted by atomic mass is 19.1. The third-order valence-corrected chi connectivity index (χ3v) is 2.97. The van der Waals surface area contributed by atoms with Gasteiger partial charge in [-0.25, -0.2) is 18.7 Å². The Morgan fingerprint density at radius 1 is 1.21 bits per heavy atom. The topological polar surface area (TPSA) is 37.8 Å². The standard InChI is InChI=1S/C14H15F2N3/c1-9-18-7-6-13(19-9)14(17-2)8-10-11(15)4-3-5-12(10)16/h3-7,14,17H,8H2,1-2H3. The van der Waals surface area contributed by atoms with Gasteiger partial charge >= 0.3 is 0 Å². The van der Waals surface area contributed by atoms with Gasteiger partial charge in [-0.2, -0.15) is 0 Å².